The van der Waals surface area contributed by atoms with Crippen LogP contribution in [0.3, 0.4) is 0 Å². The van der Waals surface area contributed by atoms with Gasteiger partial charge >= 0.3 is 0 Å². The molecule has 7 nitrogen and oxygen atoms in total. The molecule has 0 saturated carbocycles. The van der Waals surface area contributed by atoms with Crippen molar-refractivity contribution < 1.29 is 17.9 Å². The van der Waals surface area contributed by atoms with Crippen LogP contribution >= 0.6 is 0 Å². The molecule has 8 heteroatoms. The lowest BCUT2D eigenvalue weighted by Crippen LogP contribution is -2.57. The highest BCUT2D eigenvalue weighted by atomic mass is 32.2. The van der Waals surface area contributed by atoms with Crippen molar-refractivity contribution in [1.29, 1.82) is 0 Å². The number of hydrogen-bond acceptors (Lipinski definition) is 5. The number of hydrogen-bond donors (Lipinski definition) is 2. The molecule has 2 aliphatic heterocycles. The van der Waals surface area contributed by atoms with E-state index in [1.165, 1.54) is 4.31 Å². The predicted molar refractivity (Wildman–Crippen MR) is 80.3 cm³/mol. The Labute approximate surface area is 127 Å². The SMILES string of the molecule is COCC1(CNS(=O)(=O)N2CC(C)OC(C)C2)CCCN1. The summed E-state index contributed by atoms with van der Waals surface area (Å²) < 4.78 is 40.0. The van der Waals surface area contributed by atoms with Crippen molar-refractivity contribution in [3.05, 3.63) is 0 Å². The Bertz CT molecular complexity index is 427. The maximum absolute atomic E-state index is 12.5. The lowest BCUT2D eigenvalue weighted by Gasteiger charge is -2.35. The van der Waals surface area contributed by atoms with Crippen LogP contribution in [0, 0.1) is 0 Å². The third kappa shape index (κ3) is 4.37. The first-order valence-corrected chi connectivity index (χ1v) is 8.95. The molecule has 0 aliphatic carbocycles. The minimum Gasteiger partial charge on any atom is -0.383 e. The van der Waals surface area contributed by atoms with Crippen LogP contribution in [-0.4, -0.2) is 70.4 Å². The molecule has 3 unspecified atom stereocenters. The highest BCUT2D eigenvalue weighted by Gasteiger charge is 2.37. The van der Waals surface area contributed by atoms with E-state index >= 15 is 0 Å². The second-order valence-electron chi connectivity index (χ2n) is 6.14. The van der Waals surface area contributed by atoms with Crippen LogP contribution in [0.5, 0.6) is 0 Å². The molecule has 2 saturated heterocycles. The zero-order valence-electron chi connectivity index (χ0n) is 13.1. The number of rotatable bonds is 6. The molecule has 0 bridgehead atoms. The van der Waals surface area contributed by atoms with Crippen LogP contribution in [0.25, 0.3) is 0 Å². The smallest absolute Gasteiger partial charge is 0.279 e. The van der Waals surface area contributed by atoms with Gasteiger partial charge in [-0.25, -0.2) is 4.72 Å². The average molecular weight is 321 g/mol. The normalized spacial score (nSPS) is 35.2. The fraction of sp³-hybridized carbons (Fsp3) is 1.00. The first kappa shape index (κ1) is 17.1. The van der Waals surface area contributed by atoms with Crippen molar-refractivity contribution >= 4 is 10.2 Å². The monoisotopic (exact) mass is 321 g/mol. The van der Waals surface area contributed by atoms with Crippen LogP contribution in [0.4, 0.5) is 0 Å². The number of morpholine rings is 1. The Hall–Kier alpha value is -0.250. The Balaban J connectivity index is 1.97. The van der Waals surface area contributed by atoms with Crippen molar-refractivity contribution in [3.63, 3.8) is 0 Å². The van der Waals surface area contributed by atoms with E-state index in [0.717, 1.165) is 19.4 Å². The summed E-state index contributed by atoms with van der Waals surface area (Å²) in [5.74, 6) is 0. The predicted octanol–water partition coefficient (Wildman–Crippen LogP) is -0.301. The third-order valence-electron chi connectivity index (χ3n) is 4.07. The van der Waals surface area contributed by atoms with Crippen molar-refractivity contribution in [1.82, 2.24) is 14.3 Å². The summed E-state index contributed by atoms with van der Waals surface area (Å²) in [6.07, 6.45) is 1.79. The largest absolute Gasteiger partial charge is 0.383 e. The van der Waals surface area contributed by atoms with Gasteiger partial charge in [-0.15, -0.1) is 0 Å². The van der Waals surface area contributed by atoms with Gasteiger partial charge in [0.25, 0.3) is 10.2 Å². The molecular formula is C13H27N3O4S. The van der Waals surface area contributed by atoms with E-state index in [0.29, 0.717) is 26.2 Å². The second kappa shape index (κ2) is 6.89. The van der Waals surface area contributed by atoms with Gasteiger partial charge in [-0.05, 0) is 33.2 Å². The molecule has 0 aromatic rings. The van der Waals surface area contributed by atoms with Crippen molar-refractivity contribution in [2.75, 3.05) is 39.9 Å². The van der Waals surface area contributed by atoms with E-state index in [2.05, 4.69) is 10.0 Å². The van der Waals surface area contributed by atoms with Crippen LogP contribution in [0.2, 0.25) is 0 Å². The fourth-order valence-corrected chi connectivity index (χ4v) is 4.57. The standard InChI is InChI=1S/C13H27N3O4S/c1-11-7-16(8-12(2)20-11)21(17,18)15-9-13(10-19-3)5-4-6-14-13/h11-12,14-15H,4-10H2,1-3H3. The summed E-state index contributed by atoms with van der Waals surface area (Å²) in [4.78, 5) is 0. The molecule has 2 fully saturated rings. The molecule has 124 valence electrons. The molecule has 3 atom stereocenters. The Kier molecular flexibility index (Phi) is 5.61. The molecule has 2 aliphatic rings. The summed E-state index contributed by atoms with van der Waals surface area (Å²) in [5.41, 5.74) is -0.286. The van der Waals surface area contributed by atoms with E-state index in [4.69, 9.17) is 9.47 Å². The summed E-state index contributed by atoms with van der Waals surface area (Å²) in [6.45, 7) is 6.33. The van der Waals surface area contributed by atoms with Crippen molar-refractivity contribution in [3.8, 4) is 0 Å². The van der Waals surface area contributed by atoms with Gasteiger partial charge in [0.05, 0.1) is 24.4 Å². The number of nitrogens with zero attached hydrogens (tertiary/aromatic N) is 1. The second-order valence-corrected chi connectivity index (χ2v) is 7.90. The average Bonchev–Trinajstić information content (AvgIpc) is 2.85. The molecule has 2 N–H and O–H groups in total. The Morgan fingerprint density at radius 3 is 2.57 bits per heavy atom. The minimum absolute atomic E-state index is 0.0807. The maximum atomic E-state index is 12.5. The van der Waals surface area contributed by atoms with Gasteiger partial charge in [0.15, 0.2) is 0 Å². The molecule has 0 amide bonds. The highest BCUT2D eigenvalue weighted by Crippen LogP contribution is 2.20. The summed E-state index contributed by atoms with van der Waals surface area (Å²) >= 11 is 0. The van der Waals surface area contributed by atoms with E-state index < -0.39 is 10.2 Å². The van der Waals surface area contributed by atoms with Crippen LogP contribution in [0.15, 0.2) is 0 Å². The molecular weight excluding hydrogens is 294 g/mol. The minimum atomic E-state index is -3.49. The molecule has 0 aromatic heterocycles. The summed E-state index contributed by atoms with van der Waals surface area (Å²) in [7, 11) is -1.84. The lowest BCUT2D eigenvalue weighted by atomic mass is 9.99. The van der Waals surface area contributed by atoms with Crippen molar-refractivity contribution in [2.24, 2.45) is 0 Å². The van der Waals surface area contributed by atoms with Gasteiger partial charge in [-0.2, -0.15) is 12.7 Å². The van der Waals surface area contributed by atoms with Gasteiger partial charge in [-0.3, -0.25) is 0 Å². The molecule has 2 heterocycles. The molecule has 21 heavy (non-hydrogen) atoms. The summed E-state index contributed by atoms with van der Waals surface area (Å²) in [6, 6.07) is 0. The first-order valence-electron chi connectivity index (χ1n) is 7.51. The van der Waals surface area contributed by atoms with E-state index in [-0.39, 0.29) is 17.7 Å². The van der Waals surface area contributed by atoms with Gasteiger partial charge in [0, 0.05) is 26.7 Å². The van der Waals surface area contributed by atoms with E-state index in [9.17, 15) is 8.42 Å². The zero-order chi connectivity index (χ0) is 15.5. The fourth-order valence-electron chi connectivity index (χ4n) is 3.12. The topological polar surface area (TPSA) is 79.9 Å². The third-order valence-corrected chi connectivity index (χ3v) is 5.56. The van der Waals surface area contributed by atoms with E-state index in [1.54, 1.807) is 7.11 Å². The van der Waals surface area contributed by atoms with Gasteiger partial charge in [0.2, 0.25) is 0 Å². The summed E-state index contributed by atoms with van der Waals surface area (Å²) in [5, 5.41) is 3.37. The van der Waals surface area contributed by atoms with Crippen LogP contribution < -0.4 is 10.0 Å². The highest BCUT2D eigenvalue weighted by molar-refractivity contribution is 7.87. The Morgan fingerprint density at radius 1 is 1.38 bits per heavy atom. The first-order chi connectivity index (χ1) is 9.87. The Morgan fingerprint density at radius 2 is 2.05 bits per heavy atom. The van der Waals surface area contributed by atoms with E-state index in [1.807, 2.05) is 13.8 Å². The van der Waals surface area contributed by atoms with Crippen molar-refractivity contribution in [2.45, 2.75) is 44.4 Å². The molecule has 2 rings (SSSR count). The maximum Gasteiger partial charge on any atom is 0.279 e. The zero-order valence-corrected chi connectivity index (χ0v) is 13.9. The molecule has 0 aromatic carbocycles. The number of ether oxygens (including phenoxy) is 2. The van der Waals surface area contributed by atoms with Crippen LogP contribution in [0.1, 0.15) is 26.7 Å². The van der Waals surface area contributed by atoms with Crippen LogP contribution in [-0.2, 0) is 19.7 Å². The van der Waals surface area contributed by atoms with Gasteiger partial charge < -0.3 is 14.8 Å². The number of nitrogens with one attached hydrogen (secondary N) is 2. The quantitative estimate of drug-likeness (QED) is 0.702. The number of methoxy groups -OCH3 is 1. The molecule has 0 radical (unpaired) electrons. The lowest BCUT2D eigenvalue weighted by molar-refractivity contribution is -0.0444. The molecule has 0 spiro atoms. The van der Waals surface area contributed by atoms with Gasteiger partial charge in [-0.1, -0.05) is 0 Å². The van der Waals surface area contributed by atoms with Gasteiger partial charge in [0.1, 0.15) is 0 Å².